The number of imidazole rings is 1. The topological polar surface area (TPSA) is 63.9 Å². The van der Waals surface area contributed by atoms with E-state index in [1.165, 1.54) is 0 Å². The van der Waals surface area contributed by atoms with E-state index in [1.807, 2.05) is 24.4 Å². The quantitative estimate of drug-likeness (QED) is 0.887. The van der Waals surface area contributed by atoms with Crippen molar-refractivity contribution in [3.63, 3.8) is 0 Å². The van der Waals surface area contributed by atoms with Crippen molar-refractivity contribution in [1.29, 1.82) is 0 Å². The number of hydrogen-bond donors (Lipinski definition) is 2. The lowest BCUT2D eigenvalue weighted by Crippen LogP contribution is -2.12. The van der Waals surface area contributed by atoms with Crippen LogP contribution in [0.25, 0.3) is 11.3 Å². The number of aromatic nitrogens is 2. The molecule has 0 aliphatic carbocycles. The second-order valence-electron chi connectivity index (χ2n) is 4.37. The summed E-state index contributed by atoms with van der Waals surface area (Å²) < 4.78 is 6.15. The van der Waals surface area contributed by atoms with Crippen LogP contribution in [0.5, 0.6) is 5.75 Å². The van der Waals surface area contributed by atoms with Crippen molar-refractivity contribution in [2.45, 2.75) is 19.3 Å². The smallest absolute Gasteiger partial charge is 0.133 e. The average molecular weight is 324 g/mol. The maximum absolute atomic E-state index is 5.74. The highest BCUT2D eigenvalue weighted by molar-refractivity contribution is 9.10. The van der Waals surface area contributed by atoms with E-state index in [0.717, 1.165) is 33.7 Å². The second kappa shape index (κ2) is 6.21. The molecule has 0 saturated carbocycles. The Labute approximate surface area is 121 Å². The fourth-order valence-corrected chi connectivity index (χ4v) is 2.54. The Kier molecular flexibility index (Phi) is 4.61. The largest absolute Gasteiger partial charge is 0.496 e. The summed E-state index contributed by atoms with van der Waals surface area (Å²) in [5.41, 5.74) is 7.80. The monoisotopic (exact) mass is 323 g/mol. The standard InChI is InChI=1S/C14H18BrN3O/c1-3-9(7-16)14-17-8-12(18-14)10-4-5-13(19-2)11(15)6-10/h4-6,8-9H,3,7,16H2,1-2H3,(H,17,18). The normalized spacial score (nSPS) is 12.4. The van der Waals surface area contributed by atoms with Gasteiger partial charge in [-0.2, -0.15) is 0 Å². The molecule has 102 valence electrons. The average Bonchev–Trinajstić information content (AvgIpc) is 2.90. The van der Waals surface area contributed by atoms with E-state index in [9.17, 15) is 0 Å². The van der Waals surface area contributed by atoms with Gasteiger partial charge in [0.25, 0.3) is 0 Å². The zero-order valence-corrected chi connectivity index (χ0v) is 12.7. The zero-order chi connectivity index (χ0) is 13.8. The molecular weight excluding hydrogens is 306 g/mol. The van der Waals surface area contributed by atoms with Crippen LogP contribution < -0.4 is 10.5 Å². The predicted molar refractivity (Wildman–Crippen MR) is 80.4 cm³/mol. The molecule has 1 atom stereocenters. The van der Waals surface area contributed by atoms with E-state index in [2.05, 4.69) is 32.8 Å². The molecule has 4 nitrogen and oxygen atoms in total. The van der Waals surface area contributed by atoms with Crippen LogP contribution in [0, 0.1) is 0 Å². The van der Waals surface area contributed by atoms with Crippen LogP contribution in [0.4, 0.5) is 0 Å². The number of halogens is 1. The summed E-state index contributed by atoms with van der Waals surface area (Å²) in [5, 5.41) is 0. The highest BCUT2D eigenvalue weighted by atomic mass is 79.9. The maximum atomic E-state index is 5.74. The van der Waals surface area contributed by atoms with E-state index in [0.29, 0.717) is 6.54 Å². The summed E-state index contributed by atoms with van der Waals surface area (Å²) >= 11 is 3.49. The van der Waals surface area contributed by atoms with Crippen molar-refractivity contribution in [2.24, 2.45) is 5.73 Å². The third-order valence-electron chi connectivity index (χ3n) is 3.22. The summed E-state index contributed by atoms with van der Waals surface area (Å²) in [5.74, 6) is 2.05. The summed E-state index contributed by atoms with van der Waals surface area (Å²) in [4.78, 5) is 7.77. The first-order valence-corrected chi connectivity index (χ1v) is 7.07. The van der Waals surface area contributed by atoms with Gasteiger partial charge < -0.3 is 15.5 Å². The van der Waals surface area contributed by atoms with Gasteiger partial charge in [0.2, 0.25) is 0 Å². The Hall–Kier alpha value is -1.33. The molecular formula is C14H18BrN3O. The van der Waals surface area contributed by atoms with E-state index < -0.39 is 0 Å². The highest BCUT2D eigenvalue weighted by Gasteiger charge is 2.12. The van der Waals surface area contributed by atoms with Crippen LogP contribution in [0.3, 0.4) is 0 Å². The Morgan fingerprint density at radius 2 is 2.26 bits per heavy atom. The molecule has 5 heteroatoms. The van der Waals surface area contributed by atoms with E-state index in [1.54, 1.807) is 7.11 Å². The summed E-state index contributed by atoms with van der Waals surface area (Å²) in [7, 11) is 1.65. The van der Waals surface area contributed by atoms with Gasteiger partial charge in [-0.1, -0.05) is 6.92 Å². The lowest BCUT2D eigenvalue weighted by Gasteiger charge is -2.08. The Morgan fingerprint density at radius 1 is 1.47 bits per heavy atom. The molecule has 0 aliphatic rings. The Balaban J connectivity index is 2.30. The van der Waals surface area contributed by atoms with Crippen molar-refractivity contribution in [1.82, 2.24) is 9.97 Å². The molecule has 0 fully saturated rings. The number of nitrogens with two attached hydrogens (primary N) is 1. The maximum Gasteiger partial charge on any atom is 0.133 e. The molecule has 0 aliphatic heterocycles. The summed E-state index contributed by atoms with van der Waals surface area (Å²) in [6.45, 7) is 2.72. The minimum absolute atomic E-state index is 0.287. The Bertz CT molecular complexity index is 549. The first kappa shape index (κ1) is 14.1. The van der Waals surface area contributed by atoms with Crippen molar-refractivity contribution < 1.29 is 4.74 Å². The number of nitrogens with one attached hydrogen (secondary N) is 1. The predicted octanol–water partition coefficient (Wildman–Crippen LogP) is 3.30. The number of benzene rings is 1. The lowest BCUT2D eigenvalue weighted by molar-refractivity contribution is 0.412. The minimum atomic E-state index is 0.287. The molecule has 3 N–H and O–H groups in total. The van der Waals surface area contributed by atoms with Crippen LogP contribution in [0.2, 0.25) is 0 Å². The molecule has 2 aromatic rings. The first-order valence-electron chi connectivity index (χ1n) is 6.28. The molecule has 0 bridgehead atoms. The van der Waals surface area contributed by atoms with Gasteiger partial charge in [-0.05, 0) is 40.5 Å². The van der Waals surface area contributed by atoms with Crippen LogP contribution in [0.15, 0.2) is 28.9 Å². The molecule has 0 radical (unpaired) electrons. The van der Waals surface area contributed by atoms with Crippen molar-refractivity contribution in [3.05, 3.63) is 34.7 Å². The SMILES string of the molecule is CCC(CN)c1ncc(-c2ccc(OC)c(Br)c2)[nH]1. The van der Waals surface area contributed by atoms with Gasteiger partial charge in [0.15, 0.2) is 0 Å². The van der Waals surface area contributed by atoms with E-state index >= 15 is 0 Å². The molecule has 0 amide bonds. The third-order valence-corrected chi connectivity index (χ3v) is 3.84. The molecule has 0 saturated heterocycles. The third kappa shape index (κ3) is 2.98. The van der Waals surface area contributed by atoms with Gasteiger partial charge >= 0.3 is 0 Å². The van der Waals surface area contributed by atoms with Gasteiger partial charge in [-0.25, -0.2) is 4.98 Å². The molecule has 2 rings (SSSR count). The molecule has 0 spiro atoms. The van der Waals surface area contributed by atoms with Crippen LogP contribution in [-0.2, 0) is 0 Å². The number of ether oxygens (including phenoxy) is 1. The van der Waals surface area contributed by atoms with Crippen LogP contribution in [-0.4, -0.2) is 23.6 Å². The second-order valence-corrected chi connectivity index (χ2v) is 5.23. The van der Waals surface area contributed by atoms with Gasteiger partial charge in [-0.15, -0.1) is 0 Å². The first-order chi connectivity index (χ1) is 9.19. The molecule has 1 aromatic carbocycles. The lowest BCUT2D eigenvalue weighted by atomic mass is 10.1. The number of hydrogen-bond acceptors (Lipinski definition) is 3. The van der Waals surface area contributed by atoms with Crippen LogP contribution in [0.1, 0.15) is 25.1 Å². The molecule has 1 aromatic heterocycles. The van der Waals surface area contributed by atoms with Gasteiger partial charge in [-0.3, -0.25) is 0 Å². The number of aromatic amines is 1. The summed E-state index contributed by atoms with van der Waals surface area (Å²) in [6.07, 6.45) is 2.83. The Morgan fingerprint density at radius 3 is 2.84 bits per heavy atom. The van der Waals surface area contributed by atoms with Crippen molar-refractivity contribution in [3.8, 4) is 17.0 Å². The number of H-pyrrole nitrogens is 1. The van der Waals surface area contributed by atoms with E-state index in [4.69, 9.17) is 10.5 Å². The fraction of sp³-hybridized carbons (Fsp3) is 0.357. The fourth-order valence-electron chi connectivity index (χ4n) is 2.00. The van der Waals surface area contributed by atoms with E-state index in [-0.39, 0.29) is 5.92 Å². The number of methoxy groups -OCH3 is 1. The van der Waals surface area contributed by atoms with Crippen molar-refractivity contribution >= 4 is 15.9 Å². The van der Waals surface area contributed by atoms with Gasteiger partial charge in [0.1, 0.15) is 11.6 Å². The minimum Gasteiger partial charge on any atom is -0.496 e. The molecule has 1 heterocycles. The molecule has 1 unspecified atom stereocenters. The van der Waals surface area contributed by atoms with Gasteiger partial charge in [0, 0.05) is 18.0 Å². The number of nitrogens with zero attached hydrogens (tertiary/aromatic N) is 1. The molecule has 19 heavy (non-hydrogen) atoms. The summed E-state index contributed by atoms with van der Waals surface area (Å²) in [6, 6.07) is 5.95. The zero-order valence-electron chi connectivity index (χ0n) is 11.1. The number of rotatable bonds is 5. The van der Waals surface area contributed by atoms with Gasteiger partial charge in [0.05, 0.1) is 23.5 Å². The van der Waals surface area contributed by atoms with Crippen molar-refractivity contribution in [2.75, 3.05) is 13.7 Å². The van der Waals surface area contributed by atoms with Crippen LogP contribution >= 0.6 is 15.9 Å². The highest BCUT2D eigenvalue weighted by Crippen LogP contribution is 2.30.